The fourth-order valence-electron chi connectivity index (χ4n) is 2.82. The van der Waals surface area contributed by atoms with Crippen molar-refractivity contribution in [1.82, 2.24) is 0 Å². The summed E-state index contributed by atoms with van der Waals surface area (Å²) in [6, 6.07) is 19.6. The van der Waals surface area contributed by atoms with Crippen LogP contribution >= 0.6 is 15.9 Å². The Balaban J connectivity index is 1.61. The quantitative estimate of drug-likeness (QED) is 0.271. The van der Waals surface area contributed by atoms with Crippen molar-refractivity contribution in [2.45, 2.75) is 0 Å². The molecule has 0 saturated heterocycles. The minimum atomic E-state index is -0.392. The predicted octanol–water partition coefficient (Wildman–Crippen LogP) is 4.97. The lowest BCUT2D eigenvalue weighted by molar-refractivity contribution is 0.0921. The third kappa shape index (κ3) is 3.13. The monoisotopic (exact) mass is 408 g/mol. The minimum Gasteiger partial charge on any atom is -0.485 e. The molecule has 0 spiro atoms. The molecule has 3 aromatic carbocycles. The molecule has 128 valence electrons. The van der Waals surface area contributed by atoms with Crippen LogP contribution in [-0.2, 0) is 0 Å². The molecule has 0 unspecified atom stereocenters. The lowest BCUT2D eigenvalue weighted by Crippen LogP contribution is -2.11. The fourth-order valence-corrected chi connectivity index (χ4v) is 3.08. The van der Waals surface area contributed by atoms with Crippen molar-refractivity contribution in [2.75, 3.05) is 6.61 Å². The van der Waals surface area contributed by atoms with Crippen LogP contribution in [0, 0.1) is 0 Å². The highest BCUT2D eigenvalue weighted by Crippen LogP contribution is 2.26. The maximum absolute atomic E-state index is 12.2. The van der Waals surface area contributed by atoms with Crippen molar-refractivity contribution < 1.29 is 13.9 Å². The van der Waals surface area contributed by atoms with E-state index in [1.165, 1.54) is 0 Å². The third-order valence-electron chi connectivity index (χ3n) is 4.13. The van der Waals surface area contributed by atoms with Crippen molar-refractivity contribution in [2.24, 2.45) is 0 Å². The smallest absolute Gasteiger partial charge is 0.344 e. The van der Waals surface area contributed by atoms with E-state index in [9.17, 15) is 9.59 Å². The molecule has 0 aliphatic rings. The van der Waals surface area contributed by atoms with Gasteiger partial charge in [-0.3, -0.25) is 4.79 Å². The lowest BCUT2D eigenvalue weighted by atomic mass is 10.1. The van der Waals surface area contributed by atoms with Crippen LogP contribution in [0.25, 0.3) is 21.7 Å². The molecule has 4 nitrogen and oxygen atoms in total. The Morgan fingerprint density at radius 1 is 0.923 bits per heavy atom. The number of ketones is 1. The van der Waals surface area contributed by atoms with Gasteiger partial charge < -0.3 is 9.15 Å². The van der Waals surface area contributed by atoms with Gasteiger partial charge in [0.1, 0.15) is 11.3 Å². The summed E-state index contributed by atoms with van der Waals surface area (Å²) in [7, 11) is 0. The SMILES string of the molecule is O=C(COc1ccc2c(c1)oc(=O)c1ccccc12)c1ccc(Br)cc1. The van der Waals surface area contributed by atoms with E-state index in [0.29, 0.717) is 22.3 Å². The van der Waals surface area contributed by atoms with Gasteiger partial charge in [-0.15, -0.1) is 0 Å². The van der Waals surface area contributed by atoms with Gasteiger partial charge in [-0.25, -0.2) is 4.79 Å². The first-order valence-corrected chi connectivity index (χ1v) is 8.78. The molecule has 5 heteroatoms. The summed E-state index contributed by atoms with van der Waals surface area (Å²) in [5.74, 6) is 0.346. The molecule has 1 heterocycles. The topological polar surface area (TPSA) is 56.5 Å². The van der Waals surface area contributed by atoms with Crippen LogP contribution in [-0.4, -0.2) is 12.4 Å². The number of hydrogen-bond acceptors (Lipinski definition) is 4. The first kappa shape index (κ1) is 16.5. The Labute approximate surface area is 157 Å². The van der Waals surface area contributed by atoms with E-state index in [0.717, 1.165) is 15.2 Å². The average Bonchev–Trinajstić information content (AvgIpc) is 2.67. The lowest BCUT2D eigenvalue weighted by Gasteiger charge is -2.08. The zero-order valence-electron chi connectivity index (χ0n) is 13.6. The molecular formula is C21H13BrO4. The molecular weight excluding hydrogens is 396 g/mol. The highest BCUT2D eigenvalue weighted by Gasteiger charge is 2.10. The fraction of sp³-hybridized carbons (Fsp3) is 0.0476. The second kappa shape index (κ2) is 6.77. The van der Waals surface area contributed by atoms with Gasteiger partial charge in [0.25, 0.3) is 0 Å². The van der Waals surface area contributed by atoms with E-state index in [-0.39, 0.29) is 12.4 Å². The molecule has 0 aliphatic heterocycles. The van der Waals surface area contributed by atoms with E-state index in [2.05, 4.69) is 15.9 Å². The summed E-state index contributed by atoms with van der Waals surface area (Å²) in [4.78, 5) is 24.3. The summed E-state index contributed by atoms with van der Waals surface area (Å²) >= 11 is 3.34. The number of hydrogen-bond donors (Lipinski definition) is 0. The average molecular weight is 409 g/mol. The van der Waals surface area contributed by atoms with Crippen LogP contribution in [0.15, 0.2) is 80.4 Å². The molecule has 0 aliphatic carbocycles. The first-order chi connectivity index (χ1) is 12.6. The second-order valence-electron chi connectivity index (χ2n) is 5.81. The van der Waals surface area contributed by atoms with Crippen LogP contribution in [0.2, 0.25) is 0 Å². The van der Waals surface area contributed by atoms with Gasteiger partial charge in [-0.1, -0.05) is 46.3 Å². The van der Waals surface area contributed by atoms with Gasteiger partial charge in [0, 0.05) is 21.5 Å². The minimum absolute atomic E-state index is 0.0923. The number of rotatable bonds is 4. The van der Waals surface area contributed by atoms with Crippen LogP contribution in [0.1, 0.15) is 10.4 Å². The van der Waals surface area contributed by atoms with Crippen molar-refractivity contribution in [3.05, 3.63) is 87.2 Å². The number of Topliss-reactive ketones (excluding diaryl/α,β-unsaturated/α-hetero) is 1. The number of carbonyl (C=O) groups is 1. The van der Waals surface area contributed by atoms with E-state index in [4.69, 9.17) is 9.15 Å². The van der Waals surface area contributed by atoms with Gasteiger partial charge in [0.05, 0.1) is 5.39 Å². The zero-order valence-corrected chi connectivity index (χ0v) is 15.2. The normalized spacial score (nSPS) is 11.0. The molecule has 0 radical (unpaired) electrons. The van der Waals surface area contributed by atoms with Gasteiger partial charge in [-0.2, -0.15) is 0 Å². The van der Waals surface area contributed by atoms with Crippen molar-refractivity contribution >= 4 is 43.5 Å². The first-order valence-electron chi connectivity index (χ1n) is 7.99. The summed E-state index contributed by atoms with van der Waals surface area (Å²) in [6.07, 6.45) is 0. The summed E-state index contributed by atoms with van der Waals surface area (Å²) < 4.78 is 11.9. The highest BCUT2D eigenvalue weighted by atomic mass is 79.9. The summed E-state index contributed by atoms with van der Waals surface area (Å²) in [6.45, 7) is -0.0923. The molecule has 4 aromatic rings. The van der Waals surface area contributed by atoms with E-state index >= 15 is 0 Å². The zero-order chi connectivity index (χ0) is 18.1. The Morgan fingerprint density at radius 2 is 1.65 bits per heavy atom. The highest BCUT2D eigenvalue weighted by molar-refractivity contribution is 9.10. The van der Waals surface area contributed by atoms with Crippen LogP contribution in [0.3, 0.4) is 0 Å². The van der Waals surface area contributed by atoms with E-state index < -0.39 is 5.63 Å². The molecule has 0 N–H and O–H groups in total. The molecule has 0 bridgehead atoms. The predicted molar refractivity (Wildman–Crippen MR) is 104 cm³/mol. The van der Waals surface area contributed by atoms with Crippen molar-refractivity contribution in [3.8, 4) is 5.75 Å². The van der Waals surface area contributed by atoms with Crippen LogP contribution in [0.4, 0.5) is 0 Å². The van der Waals surface area contributed by atoms with E-state index in [1.807, 2.05) is 30.3 Å². The molecule has 0 saturated carbocycles. The van der Waals surface area contributed by atoms with Crippen LogP contribution < -0.4 is 10.4 Å². The number of benzene rings is 3. The Kier molecular flexibility index (Phi) is 4.31. The Morgan fingerprint density at radius 3 is 2.42 bits per heavy atom. The molecule has 0 fully saturated rings. The largest absolute Gasteiger partial charge is 0.485 e. The molecule has 4 rings (SSSR count). The molecule has 0 amide bonds. The summed E-state index contributed by atoms with van der Waals surface area (Å²) in [5, 5.41) is 2.20. The van der Waals surface area contributed by atoms with Gasteiger partial charge in [0.15, 0.2) is 12.4 Å². The number of halogens is 1. The third-order valence-corrected chi connectivity index (χ3v) is 4.66. The van der Waals surface area contributed by atoms with Gasteiger partial charge in [-0.05, 0) is 35.7 Å². The number of carbonyl (C=O) groups excluding carboxylic acids is 1. The van der Waals surface area contributed by atoms with Crippen molar-refractivity contribution in [1.29, 1.82) is 0 Å². The van der Waals surface area contributed by atoms with Crippen LogP contribution in [0.5, 0.6) is 5.75 Å². The molecule has 26 heavy (non-hydrogen) atoms. The number of ether oxygens (including phenoxy) is 1. The molecule has 0 atom stereocenters. The van der Waals surface area contributed by atoms with Gasteiger partial charge >= 0.3 is 5.63 Å². The maximum atomic E-state index is 12.2. The molecule has 1 aromatic heterocycles. The second-order valence-corrected chi connectivity index (χ2v) is 6.73. The Hall–Kier alpha value is -2.92. The van der Waals surface area contributed by atoms with E-state index in [1.54, 1.807) is 36.4 Å². The number of fused-ring (bicyclic) bond motifs is 3. The Bertz CT molecular complexity index is 1180. The van der Waals surface area contributed by atoms with Crippen molar-refractivity contribution in [3.63, 3.8) is 0 Å². The maximum Gasteiger partial charge on any atom is 0.344 e. The van der Waals surface area contributed by atoms with Gasteiger partial charge in [0.2, 0.25) is 0 Å². The summed E-state index contributed by atoms with van der Waals surface area (Å²) in [5.41, 5.74) is 0.616. The standard InChI is InChI=1S/C21H13BrO4/c22-14-7-5-13(6-8-14)19(23)12-25-15-9-10-17-16-3-1-2-4-18(16)21(24)26-20(17)11-15/h1-11H,12H2.